The second-order valence-corrected chi connectivity index (χ2v) is 8.30. The van der Waals surface area contributed by atoms with Gasteiger partial charge in [-0.3, -0.25) is 9.10 Å². The maximum Gasteiger partial charge on any atom is 0.247 e. The van der Waals surface area contributed by atoms with Crippen LogP contribution in [-0.2, 0) is 14.8 Å². The largest absolute Gasteiger partial charge is 0.324 e. The van der Waals surface area contributed by atoms with E-state index >= 15 is 0 Å². The number of benzene rings is 2. The zero-order chi connectivity index (χ0) is 18.8. The zero-order valence-corrected chi connectivity index (χ0v) is 16.0. The number of aryl methyl sites for hydroxylation is 3. The number of carbonyl (C=O) groups excluding carboxylic acids is 1. The third-order valence-electron chi connectivity index (χ3n) is 3.83. The van der Waals surface area contributed by atoms with Gasteiger partial charge in [-0.25, -0.2) is 8.42 Å². The summed E-state index contributed by atoms with van der Waals surface area (Å²) in [6.45, 7) is 7.36. The predicted molar refractivity (Wildman–Crippen MR) is 103 cm³/mol. The Bertz CT molecular complexity index is 871. The molecule has 1 N–H and O–H groups in total. The topological polar surface area (TPSA) is 66.5 Å². The SMILES string of the molecule is Cc1cc(C)cc(NC(=O)[C@@H](C)N(c2cccc(C)c2)S(C)(=O)=O)c1. The standard InChI is InChI=1S/C19H24N2O3S/c1-13-7-6-8-18(12-13)21(25(5,23)24)16(4)19(22)20-17-10-14(2)9-15(3)11-17/h6-12,16H,1-5H3,(H,20,22)/t16-/m1/s1. The summed E-state index contributed by atoms with van der Waals surface area (Å²) < 4.78 is 25.7. The molecular formula is C19H24N2O3S. The van der Waals surface area contributed by atoms with Gasteiger partial charge in [-0.2, -0.15) is 0 Å². The Hall–Kier alpha value is -2.34. The molecule has 0 fully saturated rings. The summed E-state index contributed by atoms with van der Waals surface area (Å²) in [6, 6.07) is 11.9. The van der Waals surface area contributed by atoms with Crippen LogP contribution in [0.4, 0.5) is 11.4 Å². The van der Waals surface area contributed by atoms with Gasteiger partial charge in [0.2, 0.25) is 15.9 Å². The monoisotopic (exact) mass is 360 g/mol. The first-order valence-corrected chi connectivity index (χ1v) is 9.88. The van der Waals surface area contributed by atoms with Crippen molar-refractivity contribution in [1.29, 1.82) is 0 Å². The highest BCUT2D eigenvalue weighted by molar-refractivity contribution is 7.92. The number of carbonyl (C=O) groups is 1. The lowest BCUT2D eigenvalue weighted by Crippen LogP contribution is -2.45. The van der Waals surface area contributed by atoms with Crippen LogP contribution >= 0.6 is 0 Å². The van der Waals surface area contributed by atoms with E-state index in [9.17, 15) is 13.2 Å². The Labute approximate surface area is 149 Å². The first-order chi connectivity index (χ1) is 11.6. The lowest BCUT2D eigenvalue weighted by Gasteiger charge is -2.28. The Morgan fingerprint density at radius 1 is 1.00 bits per heavy atom. The number of amides is 1. The van der Waals surface area contributed by atoms with Crippen molar-refractivity contribution >= 4 is 27.3 Å². The van der Waals surface area contributed by atoms with Crippen LogP contribution in [0.3, 0.4) is 0 Å². The molecule has 2 aromatic carbocycles. The van der Waals surface area contributed by atoms with Crippen molar-refractivity contribution in [2.45, 2.75) is 33.7 Å². The summed E-state index contributed by atoms with van der Waals surface area (Å²) in [5, 5.41) is 2.82. The molecule has 134 valence electrons. The van der Waals surface area contributed by atoms with E-state index < -0.39 is 16.1 Å². The summed E-state index contributed by atoms with van der Waals surface area (Å²) in [7, 11) is -3.62. The minimum absolute atomic E-state index is 0.378. The Balaban J connectivity index is 2.33. The highest BCUT2D eigenvalue weighted by atomic mass is 32.2. The van der Waals surface area contributed by atoms with Crippen LogP contribution in [0.5, 0.6) is 0 Å². The van der Waals surface area contributed by atoms with E-state index in [0.717, 1.165) is 27.3 Å². The third-order valence-corrected chi connectivity index (χ3v) is 5.08. The van der Waals surface area contributed by atoms with Gasteiger partial charge in [0.05, 0.1) is 11.9 Å². The molecule has 2 rings (SSSR count). The van der Waals surface area contributed by atoms with E-state index in [1.165, 1.54) is 0 Å². The van der Waals surface area contributed by atoms with Crippen LogP contribution < -0.4 is 9.62 Å². The Morgan fingerprint density at radius 2 is 1.60 bits per heavy atom. The molecular weight excluding hydrogens is 336 g/mol. The van der Waals surface area contributed by atoms with Gasteiger partial charge in [-0.05, 0) is 68.7 Å². The van der Waals surface area contributed by atoms with Crippen molar-refractivity contribution in [3.63, 3.8) is 0 Å². The maximum atomic E-state index is 12.7. The molecule has 1 amide bonds. The van der Waals surface area contributed by atoms with Crippen molar-refractivity contribution in [3.8, 4) is 0 Å². The van der Waals surface area contributed by atoms with Gasteiger partial charge in [0, 0.05) is 5.69 Å². The molecule has 0 saturated carbocycles. The van der Waals surface area contributed by atoms with Gasteiger partial charge in [-0.1, -0.05) is 18.2 Å². The summed E-state index contributed by atoms with van der Waals surface area (Å²) in [4.78, 5) is 12.7. The van der Waals surface area contributed by atoms with Gasteiger partial charge in [0.25, 0.3) is 0 Å². The number of sulfonamides is 1. The maximum absolute atomic E-state index is 12.7. The summed E-state index contributed by atoms with van der Waals surface area (Å²) >= 11 is 0. The van der Waals surface area contributed by atoms with Gasteiger partial charge < -0.3 is 5.32 Å². The molecule has 1 atom stereocenters. The van der Waals surface area contributed by atoms with E-state index in [0.29, 0.717) is 11.4 Å². The molecule has 6 heteroatoms. The van der Waals surface area contributed by atoms with Crippen molar-refractivity contribution in [3.05, 3.63) is 59.2 Å². The van der Waals surface area contributed by atoms with Crippen LogP contribution in [0, 0.1) is 20.8 Å². The quantitative estimate of drug-likeness (QED) is 0.888. The molecule has 0 heterocycles. The van der Waals surface area contributed by atoms with Crippen LogP contribution in [0.1, 0.15) is 23.6 Å². The second kappa shape index (κ2) is 7.27. The first-order valence-electron chi connectivity index (χ1n) is 8.03. The smallest absolute Gasteiger partial charge is 0.247 e. The lowest BCUT2D eigenvalue weighted by atomic mass is 10.1. The van der Waals surface area contributed by atoms with Crippen molar-refractivity contribution < 1.29 is 13.2 Å². The number of hydrogen-bond acceptors (Lipinski definition) is 3. The van der Waals surface area contributed by atoms with Crippen molar-refractivity contribution in [2.24, 2.45) is 0 Å². The molecule has 5 nitrogen and oxygen atoms in total. The molecule has 2 aromatic rings. The van der Waals surface area contributed by atoms with Gasteiger partial charge >= 0.3 is 0 Å². The number of rotatable bonds is 5. The molecule has 0 bridgehead atoms. The Kier molecular flexibility index (Phi) is 5.52. The molecule has 0 aromatic heterocycles. The second-order valence-electron chi connectivity index (χ2n) is 6.44. The normalized spacial score (nSPS) is 12.5. The minimum atomic E-state index is -3.62. The average molecular weight is 360 g/mol. The van der Waals surface area contributed by atoms with Gasteiger partial charge in [-0.15, -0.1) is 0 Å². The first kappa shape index (κ1) is 19.0. The molecule has 0 aliphatic heterocycles. The fraction of sp³-hybridized carbons (Fsp3) is 0.316. The van der Waals surface area contributed by atoms with Crippen LogP contribution in [-0.4, -0.2) is 26.6 Å². The van der Waals surface area contributed by atoms with E-state index in [4.69, 9.17) is 0 Å². The van der Waals surface area contributed by atoms with Crippen LogP contribution in [0.15, 0.2) is 42.5 Å². The number of anilines is 2. The summed E-state index contributed by atoms with van der Waals surface area (Å²) in [5.74, 6) is -0.378. The zero-order valence-electron chi connectivity index (χ0n) is 15.2. The molecule has 0 spiro atoms. The molecule has 0 radical (unpaired) electrons. The third kappa shape index (κ3) is 4.82. The average Bonchev–Trinajstić information content (AvgIpc) is 2.44. The summed E-state index contributed by atoms with van der Waals surface area (Å²) in [5.41, 5.74) is 4.12. The van der Waals surface area contributed by atoms with E-state index in [1.54, 1.807) is 25.1 Å². The Morgan fingerprint density at radius 3 is 2.12 bits per heavy atom. The molecule has 0 aliphatic carbocycles. The van der Waals surface area contributed by atoms with Crippen molar-refractivity contribution in [2.75, 3.05) is 15.9 Å². The fourth-order valence-electron chi connectivity index (χ4n) is 2.87. The number of nitrogens with zero attached hydrogens (tertiary/aromatic N) is 1. The highest BCUT2D eigenvalue weighted by Gasteiger charge is 2.29. The molecule has 0 saturated heterocycles. The summed E-state index contributed by atoms with van der Waals surface area (Å²) in [6.07, 6.45) is 1.11. The predicted octanol–water partition coefficient (Wildman–Crippen LogP) is 3.41. The highest BCUT2D eigenvalue weighted by Crippen LogP contribution is 2.23. The van der Waals surface area contributed by atoms with E-state index in [2.05, 4.69) is 5.32 Å². The molecule has 25 heavy (non-hydrogen) atoms. The number of hydrogen-bond donors (Lipinski definition) is 1. The van der Waals surface area contributed by atoms with Crippen LogP contribution in [0.25, 0.3) is 0 Å². The van der Waals surface area contributed by atoms with Crippen LogP contribution in [0.2, 0.25) is 0 Å². The van der Waals surface area contributed by atoms with E-state index in [1.807, 2.05) is 45.0 Å². The van der Waals surface area contributed by atoms with Gasteiger partial charge in [0.1, 0.15) is 6.04 Å². The van der Waals surface area contributed by atoms with E-state index in [-0.39, 0.29) is 5.91 Å². The molecule has 0 aliphatic rings. The number of nitrogens with one attached hydrogen (secondary N) is 1. The minimum Gasteiger partial charge on any atom is -0.324 e. The van der Waals surface area contributed by atoms with Crippen molar-refractivity contribution in [1.82, 2.24) is 0 Å². The molecule has 0 unspecified atom stereocenters. The fourth-order valence-corrected chi connectivity index (χ4v) is 4.03. The lowest BCUT2D eigenvalue weighted by molar-refractivity contribution is -0.116. The van der Waals surface area contributed by atoms with Gasteiger partial charge in [0.15, 0.2) is 0 Å².